The van der Waals surface area contributed by atoms with E-state index in [2.05, 4.69) is 5.32 Å². The molecule has 15 heteroatoms. The monoisotopic (exact) mass is 867 g/mol. The van der Waals surface area contributed by atoms with Crippen molar-refractivity contribution in [3.05, 3.63) is 118 Å². The van der Waals surface area contributed by atoms with Crippen LogP contribution in [0.1, 0.15) is 92.3 Å². The van der Waals surface area contributed by atoms with Crippen molar-refractivity contribution in [2.75, 3.05) is 6.61 Å². The van der Waals surface area contributed by atoms with Crippen LogP contribution in [0.5, 0.6) is 0 Å². The molecule has 3 aromatic rings. The van der Waals surface area contributed by atoms with E-state index in [9.17, 15) is 39.3 Å². The zero-order valence-corrected chi connectivity index (χ0v) is 36.2. The van der Waals surface area contributed by atoms with Crippen LogP contribution >= 0.6 is 0 Å². The molecule has 334 valence electrons. The van der Waals surface area contributed by atoms with Crippen molar-refractivity contribution in [2.24, 2.45) is 16.7 Å². The molecule has 1 saturated heterocycles. The molecule has 15 nitrogen and oxygen atoms in total. The third-order valence-electron chi connectivity index (χ3n) is 13.8. The lowest BCUT2D eigenvalue weighted by atomic mass is 9.44. The van der Waals surface area contributed by atoms with Crippen molar-refractivity contribution in [1.82, 2.24) is 5.32 Å². The number of nitrogens with one attached hydrogen (secondary N) is 1. The summed E-state index contributed by atoms with van der Waals surface area (Å²) in [5.74, 6) is -6.84. The van der Waals surface area contributed by atoms with Crippen LogP contribution in [-0.4, -0.2) is 105 Å². The largest absolute Gasteiger partial charge is 0.456 e. The smallest absolute Gasteiger partial charge is 0.338 e. The molecule has 0 aromatic heterocycles. The Balaban J connectivity index is 1.39. The van der Waals surface area contributed by atoms with Crippen molar-refractivity contribution in [3.63, 3.8) is 0 Å². The Morgan fingerprint density at radius 3 is 1.98 bits per heavy atom. The molecule has 1 aliphatic heterocycles. The summed E-state index contributed by atoms with van der Waals surface area (Å²) in [7, 11) is 0. The molecular weight excluding hydrogens is 815 g/mol. The number of Topliss-reactive ketones (excluding diaryl/α,β-unsaturated/α-hetero) is 1. The minimum atomic E-state index is -2.39. The van der Waals surface area contributed by atoms with Crippen LogP contribution in [0.4, 0.5) is 0 Å². The molecule has 1 heterocycles. The van der Waals surface area contributed by atoms with Crippen molar-refractivity contribution in [2.45, 2.75) is 115 Å². The highest BCUT2D eigenvalue weighted by Crippen LogP contribution is 2.64. The molecule has 0 radical (unpaired) electrons. The van der Waals surface area contributed by atoms with Crippen molar-refractivity contribution >= 4 is 35.6 Å². The summed E-state index contributed by atoms with van der Waals surface area (Å²) in [4.78, 5) is 83.7. The third kappa shape index (κ3) is 7.64. The summed E-state index contributed by atoms with van der Waals surface area (Å²) in [6, 6.07) is 21.5. The molecule has 2 bridgehead atoms. The van der Waals surface area contributed by atoms with Crippen LogP contribution in [-0.2, 0) is 42.9 Å². The number of aliphatic hydroxyl groups is 3. The SMILES string of the molecule is CC(=O)O[C@H]1C(=O)[C@@]2(C)[C@H]([C@H](OC(=O)c3ccccc3)[C@]3(O)C[C@H](OC(=O)[C@H](O)C(NC(=O)c4ccccc4)c4ccc(C)cc4)C(C)=C1C3(C)C)[C@]1(OC(C)=O)CO[C@@H]1C[C@@H]2O. The number of esters is 4. The molecule has 0 spiro atoms. The highest BCUT2D eigenvalue weighted by Gasteiger charge is 2.78. The minimum absolute atomic E-state index is 0.00245. The van der Waals surface area contributed by atoms with E-state index in [-0.39, 0.29) is 35.3 Å². The van der Waals surface area contributed by atoms with Crippen LogP contribution in [0.2, 0.25) is 0 Å². The molecule has 1 amide bonds. The first kappa shape index (κ1) is 45.3. The molecule has 3 fully saturated rings. The van der Waals surface area contributed by atoms with Gasteiger partial charge in [-0.2, -0.15) is 0 Å². The number of aryl methyl sites for hydroxylation is 1. The summed E-state index contributed by atoms with van der Waals surface area (Å²) < 4.78 is 30.3. The minimum Gasteiger partial charge on any atom is -0.456 e. The zero-order valence-electron chi connectivity index (χ0n) is 36.2. The number of rotatable bonds is 10. The normalized spacial score (nSPS) is 31.6. The van der Waals surface area contributed by atoms with Crippen LogP contribution in [0.25, 0.3) is 0 Å². The van der Waals surface area contributed by atoms with Crippen LogP contribution in [0, 0.1) is 23.7 Å². The number of ether oxygens (including phenoxy) is 5. The van der Waals surface area contributed by atoms with Gasteiger partial charge in [-0.1, -0.05) is 80.1 Å². The topological polar surface area (TPSA) is 221 Å². The van der Waals surface area contributed by atoms with Crippen LogP contribution < -0.4 is 5.32 Å². The number of benzene rings is 3. The molecule has 3 aromatic carbocycles. The van der Waals surface area contributed by atoms with Crippen molar-refractivity contribution < 1.29 is 67.8 Å². The van der Waals surface area contributed by atoms with E-state index >= 15 is 4.79 Å². The van der Waals surface area contributed by atoms with Crippen molar-refractivity contribution in [1.29, 1.82) is 0 Å². The molecule has 2 saturated carbocycles. The number of aliphatic hydroxyl groups excluding tert-OH is 2. The van der Waals surface area contributed by atoms with E-state index in [4.69, 9.17) is 23.7 Å². The number of fused-ring (bicyclic) bond motifs is 5. The summed E-state index contributed by atoms with van der Waals surface area (Å²) in [5.41, 5.74) is -6.14. The van der Waals surface area contributed by atoms with Crippen LogP contribution in [0.3, 0.4) is 0 Å². The Morgan fingerprint density at radius 2 is 1.43 bits per heavy atom. The van der Waals surface area contributed by atoms with Gasteiger partial charge in [0.2, 0.25) is 0 Å². The third-order valence-corrected chi connectivity index (χ3v) is 13.8. The predicted molar refractivity (Wildman–Crippen MR) is 222 cm³/mol. The standard InChI is InChI=1S/C48H53NO14/c1-25-18-20-29(21-19-25)36(49-42(55)30-14-10-8-11-15-30)37(53)44(57)61-32-23-48(58)41(62-43(56)31-16-12-9-13-17-31)39-46(7,33(52)22-34-47(39,24-59-34)63-28(4)51)40(54)38(60-27(3)50)35(26(32)2)45(48,5)6/h8-21,32-34,36-39,41,52-53,58H,22-24H2,1-7H3,(H,49,55)/t32-,33-,34+,36?,37+,38+,39-,41-,46+,47-,48+/m0/s1. The van der Waals surface area contributed by atoms with Gasteiger partial charge in [-0.05, 0) is 61.7 Å². The molecule has 3 aliphatic carbocycles. The van der Waals surface area contributed by atoms with Gasteiger partial charge in [-0.25, -0.2) is 9.59 Å². The molecular formula is C48H53NO14. The van der Waals surface area contributed by atoms with E-state index in [1.165, 1.54) is 26.0 Å². The van der Waals surface area contributed by atoms with Crippen molar-refractivity contribution in [3.8, 4) is 0 Å². The summed E-state index contributed by atoms with van der Waals surface area (Å²) in [6.07, 6.45) is -10.5. The first-order chi connectivity index (χ1) is 29.7. The Hall–Kier alpha value is -5.74. The van der Waals surface area contributed by atoms with Gasteiger partial charge in [0.05, 0.1) is 35.6 Å². The summed E-state index contributed by atoms with van der Waals surface area (Å²) in [6.45, 7) is 9.83. The maximum absolute atomic E-state index is 15.5. The first-order valence-electron chi connectivity index (χ1n) is 20.9. The molecule has 1 unspecified atom stereocenters. The fourth-order valence-corrected chi connectivity index (χ4v) is 10.3. The van der Waals surface area contributed by atoms with Gasteiger partial charge in [0.15, 0.2) is 23.6 Å². The van der Waals surface area contributed by atoms with E-state index in [1.807, 2.05) is 6.92 Å². The Morgan fingerprint density at radius 1 is 0.825 bits per heavy atom. The lowest BCUT2D eigenvalue weighted by Gasteiger charge is -2.67. The maximum atomic E-state index is 15.5. The number of hydrogen-bond donors (Lipinski definition) is 4. The quantitative estimate of drug-likeness (QED) is 0.128. The number of carbonyl (C=O) groups excluding carboxylic acids is 6. The fraction of sp³-hybridized carbons (Fsp3) is 0.458. The highest BCUT2D eigenvalue weighted by atomic mass is 16.6. The van der Waals surface area contributed by atoms with Gasteiger partial charge in [-0.15, -0.1) is 0 Å². The molecule has 7 rings (SSSR count). The average molecular weight is 868 g/mol. The second-order valence-corrected chi connectivity index (χ2v) is 17.9. The second-order valence-electron chi connectivity index (χ2n) is 17.9. The predicted octanol–water partition coefficient (Wildman–Crippen LogP) is 4.04. The van der Waals surface area contributed by atoms with Gasteiger partial charge >= 0.3 is 23.9 Å². The fourth-order valence-electron chi connectivity index (χ4n) is 10.3. The lowest BCUT2D eigenvalue weighted by Crippen LogP contribution is -2.82. The van der Waals surface area contributed by atoms with E-state index in [0.29, 0.717) is 5.56 Å². The summed E-state index contributed by atoms with van der Waals surface area (Å²) >= 11 is 0. The Labute approximate surface area is 364 Å². The van der Waals surface area contributed by atoms with Gasteiger partial charge in [0, 0.05) is 37.7 Å². The highest BCUT2D eigenvalue weighted by molar-refractivity contribution is 5.96. The Kier molecular flexibility index (Phi) is 12.0. The summed E-state index contributed by atoms with van der Waals surface area (Å²) in [5, 5.41) is 40.4. The van der Waals surface area contributed by atoms with Gasteiger partial charge in [0.1, 0.15) is 23.9 Å². The molecule has 11 atom stereocenters. The second kappa shape index (κ2) is 16.8. The van der Waals surface area contributed by atoms with Crippen LogP contribution in [0.15, 0.2) is 96.1 Å². The van der Waals surface area contributed by atoms with Gasteiger partial charge in [-0.3, -0.25) is 19.2 Å². The number of hydrogen-bond acceptors (Lipinski definition) is 14. The first-order valence-corrected chi connectivity index (χ1v) is 20.9. The van der Waals surface area contributed by atoms with Gasteiger partial charge < -0.3 is 44.3 Å². The average Bonchev–Trinajstić information content (AvgIpc) is 3.24. The molecule has 63 heavy (non-hydrogen) atoms. The zero-order chi connectivity index (χ0) is 45.8. The molecule has 4 N–H and O–H groups in total. The lowest BCUT2D eigenvalue weighted by molar-refractivity contribution is -0.346. The number of ketones is 1. The Bertz CT molecular complexity index is 2330. The van der Waals surface area contributed by atoms with E-state index in [0.717, 1.165) is 19.4 Å². The van der Waals surface area contributed by atoms with E-state index in [1.54, 1.807) is 86.6 Å². The molecule has 4 aliphatic rings. The van der Waals surface area contributed by atoms with E-state index < -0.39 is 113 Å². The maximum Gasteiger partial charge on any atom is 0.338 e. The van der Waals surface area contributed by atoms with Gasteiger partial charge in [0.25, 0.3) is 5.91 Å². The number of amides is 1. The number of carbonyl (C=O) groups is 6.